The lowest BCUT2D eigenvalue weighted by atomic mass is 9.93. The first-order valence-electron chi connectivity index (χ1n) is 3.93. The lowest BCUT2D eigenvalue weighted by Gasteiger charge is -2.51. The van der Waals surface area contributed by atoms with Crippen molar-refractivity contribution in [3.8, 4) is 0 Å². The van der Waals surface area contributed by atoms with E-state index in [0.717, 1.165) is 32.8 Å². The zero-order valence-corrected chi connectivity index (χ0v) is 8.87. The summed E-state index contributed by atoms with van der Waals surface area (Å²) in [6.07, 6.45) is 0. The minimum absolute atomic E-state index is 0.189. The van der Waals surface area contributed by atoms with Gasteiger partial charge in [0.25, 0.3) is 0 Å². The Hall–Kier alpha value is 0.610. The smallest absolute Gasteiger partial charge is 0.107 e. The molecule has 1 spiro atoms. The van der Waals surface area contributed by atoms with Crippen LogP contribution in [0.4, 0.5) is 0 Å². The molecule has 2 aliphatic rings. The molecule has 0 aromatic heterocycles. The van der Waals surface area contributed by atoms with Gasteiger partial charge in [-0.2, -0.15) is 0 Å². The van der Waals surface area contributed by atoms with Crippen LogP contribution in [0.15, 0.2) is 0 Å². The van der Waals surface area contributed by atoms with Crippen molar-refractivity contribution < 1.29 is 4.74 Å². The molecule has 0 radical (unpaired) electrons. The predicted octanol–water partition coefficient (Wildman–Crippen LogP) is 0.353. The average Bonchev–Trinajstić information content (AvgIpc) is 1.84. The number of ether oxygens (including phenoxy) is 1. The summed E-state index contributed by atoms with van der Waals surface area (Å²) in [4.78, 5) is 2.30. The lowest BCUT2D eigenvalue weighted by molar-refractivity contribution is -0.160. The van der Waals surface area contributed by atoms with E-state index in [2.05, 4.69) is 37.9 Å². The fourth-order valence-electron chi connectivity index (χ4n) is 1.93. The highest BCUT2D eigenvalue weighted by Crippen LogP contribution is 2.28. The van der Waals surface area contributed by atoms with Crippen LogP contribution >= 0.6 is 22.9 Å². The van der Waals surface area contributed by atoms with Crippen LogP contribution in [0.25, 0.3) is 0 Å². The van der Waals surface area contributed by atoms with Gasteiger partial charge in [0.15, 0.2) is 0 Å². The number of halogens is 1. The first kappa shape index (κ1) is 8.22. The zero-order valence-electron chi connectivity index (χ0n) is 6.72. The standard InChI is InChI=1S/C7H13IN2O/c1-9-4-7(5-9)6-10(8)2-3-11-7/h2-6H2,1H3. The Morgan fingerprint density at radius 3 is 2.64 bits per heavy atom. The molecule has 0 aromatic carbocycles. The van der Waals surface area contributed by atoms with Gasteiger partial charge in [-0.05, 0) is 7.05 Å². The van der Waals surface area contributed by atoms with E-state index < -0.39 is 0 Å². The minimum atomic E-state index is 0.189. The highest BCUT2D eigenvalue weighted by molar-refractivity contribution is 14.1. The van der Waals surface area contributed by atoms with Crippen LogP contribution in [0.5, 0.6) is 0 Å². The summed E-state index contributed by atoms with van der Waals surface area (Å²) in [5.74, 6) is 0. The van der Waals surface area contributed by atoms with Crippen molar-refractivity contribution in [2.24, 2.45) is 0 Å². The van der Waals surface area contributed by atoms with Crippen LogP contribution in [0.3, 0.4) is 0 Å². The summed E-state index contributed by atoms with van der Waals surface area (Å²) in [5.41, 5.74) is 0.189. The lowest BCUT2D eigenvalue weighted by Crippen LogP contribution is -2.67. The Morgan fingerprint density at radius 2 is 2.09 bits per heavy atom. The number of morpholine rings is 1. The third kappa shape index (κ3) is 1.54. The first-order valence-corrected chi connectivity index (χ1v) is 4.90. The van der Waals surface area contributed by atoms with E-state index in [9.17, 15) is 0 Å². The van der Waals surface area contributed by atoms with Crippen molar-refractivity contribution in [2.75, 3.05) is 39.8 Å². The van der Waals surface area contributed by atoms with E-state index >= 15 is 0 Å². The molecular formula is C7H13IN2O. The van der Waals surface area contributed by atoms with Gasteiger partial charge >= 0.3 is 0 Å². The van der Waals surface area contributed by atoms with E-state index in [1.807, 2.05) is 0 Å². The highest BCUT2D eigenvalue weighted by Gasteiger charge is 2.45. The maximum Gasteiger partial charge on any atom is 0.107 e. The van der Waals surface area contributed by atoms with Crippen molar-refractivity contribution in [3.05, 3.63) is 0 Å². The maximum absolute atomic E-state index is 5.75. The van der Waals surface area contributed by atoms with Crippen molar-refractivity contribution in [1.82, 2.24) is 8.01 Å². The molecule has 2 rings (SSSR count). The van der Waals surface area contributed by atoms with E-state index in [1.54, 1.807) is 0 Å². The summed E-state index contributed by atoms with van der Waals surface area (Å²) in [6.45, 7) is 5.28. The second-order valence-electron chi connectivity index (χ2n) is 3.55. The number of hydrogen-bond acceptors (Lipinski definition) is 3. The molecule has 2 heterocycles. The molecule has 0 saturated carbocycles. The third-order valence-electron chi connectivity index (χ3n) is 2.32. The number of likely N-dealkylation sites (tertiary alicyclic amines) is 1. The van der Waals surface area contributed by atoms with Gasteiger partial charge < -0.3 is 9.64 Å². The van der Waals surface area contributed by atoms with Crippen LogP contribution in [-0.2, 0) is 4.74 Å². The van der Waals surface area contributed by atoms with Gasteiger partial charge in [-0.3, -0.25) is 0 Å². The second-order valence-corrected chi connectivity index (χ2v) is 4.91. The summed E-state index contributed by atoms with van der Waals surface area (Å²) < 4.78 is 8.08. The van der Waals surface area contributed by atoms with Gasteiger partial charge in [0.2, 0.25) is 0 Å². The van der Waals surface area contributed by atoms with Gasteiger partial charge in [-0.1, -0.05) is 0 Å². The molecule has 0 aliphatic carbocycles. The van der Waals surface area contributed by atoms with E-state index in [-0.39, 0.29) is 5.60 Å². The quantitative estimate of drug-likeness (QED) is 0.466. The fraction of sp³-hybridized carbons (Fsp3) is 1.00. The van der Waals surface area contributed by atoms with Crippen LogP contribution < -0.4 is 0 Å². The fourth-order valence-corrected chi connectivity index (χ4v) is 2.75. The second kappa shape index (κ2) is 2.83. The summed E-state index contributed by atoms with van der Waals surface area (Å²) >= 11 is 2.38. The topological polar surface area (TPSA) is 15.7 Å². The van der Waals surface area contributed by atoms with Gasteiger partial charge in [0, 0.05) is 49.0 Å². The normalized spacial score (nSPS) is 32.2. The summed E-state index contributed by atoms with van der Waals surface area (Å²) in [5, 5.41) is 0. The molecule has 0 atom stereocenters. The van der Waals surface area contributed by atoms with Gasteiger partial charge in [0.1, 0.15) is 5.60 Å². The molecule has 4 heteroatoms. The SMILES string of the molecule is CN1CC2(C1)CN(I)CCO2. The third-order valence-corrected chi connectivity index (χ3v) is 3.14. The Labute approximate surface area is 81.2 Å². The van der Waals surface area contributed by atoms with Crippen molar-refractivity contribution in [2.45, 2.75) is 5.60 Å². The molecule has 2 saturated heterocycles. The molecule has 0 unspecified atom stereocenters. The molecule has 0 aromatic rings. The van der Waals surface area contributed by atoms with Crippen molar-refractivity contribution >= 4 is 22.9 Å². The summed E-state index contributed by atoms with van der Waals surface area (Å²) in [7, 11) is 2.14. The summed E-state index contributed by atoms with van der Waals surface area (Å²) in [6, 6.07) is 0. The Kier molecular flexibility index (Phi) is 2.11. The van der Waals surface area contributed by atoms with Crippen molar-refractivity contribution in [3.63, 3.8) is 0 Å². The molecule has 2 fully saturated rings. The highest BCUT2D eigenvalue weighted by atomic mass is 127. The first-order chi connectivity index (χ1) is 5.20. The number of likely N-dealkylation sites (N-methyl/N-ethyl adjacent to an activating group) is 1. The van der Waals surface area contributed by atoms with E-state index in [0.29, 0.717) is 0 Å². The predicted molar refractivity (Wildman–Crippen MR) is 51.8 cm³/mol. The largest absolute Gasteiger partial charge is 0.370 e. The Morgan fingerprint density at radius 1 is 1.36 bits per heavy atom. The Bertz CT molecular complexity index is 153. The molecule has 0 amide bonds. The van der Waals surface area contributed by atoms with Crippen molar-refractivity contribution in [1.29, 1.82) is 0 Å². The minimum Gasteiger partial charge on any atom is -0.370 e. The van der Waals surface area contributed by atoms with E-state index in [4.69, 9.17) is 4.74 Å². The maximum atomic E-state index is 5.75. The van der Waals surface area contributed by atoms with Crippen LogP contribution in [0, 0.1) is 0 Å². The number of hydrogen-bond donors (Lipinski definition) is 0. The number of nitrogens with zero attached hydrogens (tertiary/aromatic N) is 2. The van der Waals surface area contributed by atoms with Crippen LogP contribution in [-0.4, -0.2) is 53.4 Å². The number of rotatable bonds is 0. The van der Waals surface area contributed by atoms with Gasteiger partial charge in [-0.25, -0.2) is 3.11 Å². The molecule has 3 nitrogen and oxygen atoms in total. The molecule has 11 heavy (non-hydrogen) atoms. The molecular weight excluding hydrogens is 255 g/mol. The monoisotopic (exact) mass is 268 g/mol. The van der Waals surface area contributed by atoms with Gasteiger partial charge in [0.05, 0.1) is 6.61 Å². The zero-order chi connectivity index (χ0) is 7.90. The van der Waals surface area contributed by atoms with E-state index in [1.165, 1.54) is 0 Å². The average molecular weight is 268 g/mol. The van der Waals surface area contributed by atoms with Crippen LogP contribution in [0.1, 0.15) is 0 Å². The molecule has 0 N–H and O–H groups in total. The van der Waals surface area contributed by atoms with Gasteiger partial charge in [-0.15, -0.1) is 0 Å². The Balaban J connectivity index is 1.93. The molecule has 2 aliphatic heterocycles. The molecule has 0 bridgehead atoms. The van der Waals surface area contributed by atoms with Crippen LogP contribution in [0.2, 0.25) is 0 Å². The molecule has 64 valence electrons.